The van der Waals surface area contributed by atoms with Crippen molar-refractivity contribution >= 4 is 0 Å². The lowest BCUT2D eigenvalue weighted by Crippen LogP contribution is -2.40. The second kappa shape index (κ2) is 6.22. The van der Waals surface area contributed by atoms with Gasteiger partial charge in [0.15, 0.2) is 5.82 Å². The zero-order valence-corrected chi connectivity index (χ0v) is 12.6. The van der Waals surface area contributed by atoms with Gasteiger partial charge in [0.25, 0.3) is 0 Å². The molecule has 1 unspecified atom stereocenters. The smallest absolute Gasteiger partial charge is 0.240 e. The van der Waals surface area contributed by atoms with Crippen LogP contribution in [0.5, 0.6) is 0 Å². The van der Waals surface area contributed by atoms with Crippen molar-refractivity contribution in [2.45, 2.75) is 58.0 Å². The highest BCUT2D eigenvalue weighted by molar-refractivity contribution is 5.03. The molecule has 5 nitrogen and oxygen atoms in total. The molecule has 1 aliphatic heterocycles. The average Bonchev–Trinajstić information content (AvgIpc) is 3.18. The lowest BCUT2D eigenvalue weighted by molar-refractivity contribution is 0.147. The van der Waals surface area contributed by atoms with E-state index in [0.717, 1.165) is 43.8 Å². The Hall–Kier alpha value is -0.940. The molecule has 1 aromatic heterocycles. The second-order valence-corrected chi connectivity index (χ2v) is 6.63. The number of piperidine rings is 1. The summed E-state index contributed by atoms with van der Waals surface area (Å²) in [7, 11) is 0. The molecule has 20 heavy (non-hydrogen) atoms. The molecule has 0 aromatic carbocycles. The SMILES string of the molecule is CC(C)NCC1CCCN(Cc2nc(C3CC3)no2)C1. The quantitative estimate of drug-likeness (QED) is 0.864. The Morgan fingerprint density at radius 2 is 2.20 bits per heavy atom. The van der Waals surface area contributed by atoms with E-state index in [4.69, 9.17) is 4.52 Å². The van der Waals surface area contributed by atoms with E-state index in [1.165, 1.54) is 25.7 Å². The number of nitrogens with one attached hydrogen (secondary N) is 1. The van der Waals surface area contributed by atoms with E-state index >= 15 is 0 Å². The first-order valence-electron chi connectivity index (χ1n) is 7.99. The molecule has 1 N–H and O–H groups in total. The maximum Gasteiger partial charge on any atom is 0.240 e. The van der Waals surface area contributed by atoms with Crippen LogP contribution in [0.25, 0.3) is 0 Å². The van der Waals surface area contributed by atoms with Gasteiger partial charge in [0.1, 0.15) is 0 Å². The van der Waals surface area contributed by atoms with Crippen molar-refractivity contribution in [1.82, 2.24) is 20.4 Å². The summed E-state index contributed by atoms with van der Waals surface area (Å²) in [5.74, 6) is 3.05. The van der Waals surface area contributed by atoms with Gasteiger partial charge in [0.2, 0.25) is 5.89 Å². The fourth-order valence-corrected chi connectivity index (χ4v) is 2.89. The van der Waals surface area contributed by atoms with Crippen LogP contribution < -0.4 is 5.32 Å². The molecule has 0 spiro atoms. The van der Waals surface area contributed by atoms with Gasteiger partial charge in [0.05, 0.1) is 6.54 Å². The molecule has 1 saturated carbocycles. The molecule has 1 saturated heterocycles. The predicted octanol–water partition coefficient (Wildman–Crippen LogP) is 2.16. The summed E-state index contributed by atoms with van der Waals surface area (Å²) in [6.07, 6.45) is 5.05. The van der Waals surface area contributed by atoms with Gasteiger partial charge < -0.3 is 9.84 Å². The summed E-state index contributed by atoms with van der Waals surface area (Å²) in [5.41, 5.74) is 0. The van der Waals surface area contributed by atoms with Crippen molar-refractivity contribution in [2.75, 3.05) is 19.6 Å². The van der Waals surface area contributed by atoms with Crippen LogP contribution in [0, 0.1) is 5.92 Å². The summed E-state index contributed by atoms with van der Waals surface area (Å²) in [5, 5.41) is 7.65. The van der Waals surface area contributed by atoms with E-state index in [2.05, 4.69) is 34.2 Å². The summed E-state index contributed by atoms with van der Waals surface area (Å²) in [6, 6.07) is 0.572. The van der Waals surface area contributed by atoms with Crippen LogP contribution in [0.2, 0.25) is 0 Å². The molecule has 112 valence electrons. The molecule has 2 heterocycles. The highest BCUT2D eigenvalue weighted by atomic mass is 16.5. The Morgan fingerprint density at radius 1 is 1.35 bits per heavy atom. The van der Waals surface area contributed by atoms with Gasteiger partial charge in [-0.05, 0) is 44.7 Å². The Bertz CT molecular complexity index is 427. The Labute approximate surface area is 121 Å². The maximum atomic E-state index is 5.38. The third-order valence-corrected chi connectivity index (χ3v) is 4.20. The molecular weight excluding hydrogens is 252 g/mol. The standard InChI is InChI=1S/C15H26N4O/c1-11(2)16-8-12-4-3-7-19(9-12)10-14-17-15(18-20-14)13-5-6-13/h11-13,16H,3-10H2,1-2H3. The lowest BCUT2D eigenvalue weighted by atomic mass is 9.98. The minimum atomic E-state index is 0.572. The first-order valence-corrected chi connectivity index (χ1v) is 7.99. The summed E-state index contributed by atoms with van der Waals surface area (Å²) in [6.45, 7) is 8.64. The number of nitrogens with zero attached hydrogens (tertiary/aromatic N) is 3. The van der Waals surface area contributed by atoms with E-state index in [0.29, 0.717) is 12.0 Å². The number of hydrogen-bond acceptors (Lipinski definition) is 5. The van der Waals surface area contributed by atoms with Gasteiger partial charge in [-0.1, -0.05) is 19.0 Å². The van der Waals surface area contributed by atoms with Gasteiger partial charge in [-0.15, -0.1) is 0 Å². The molecular formula is C15H26N4O. The summed E-state index contributed by atoms with van der Waals surface area (Å²) < 4.78 is 5.38. The molecule has 1 aromatic rings. The number of hydrogen-bond donors (Lipinski definition) is 1. The highest BCUT2D eigenvalue weighted by Gasteiger charge is 2.29. The molecule has 1 aliphatic carbocycles. The Kier molecular flexibility index (Phi) is 4.36. The topological polar surface area (TPSA) is 54.2 Å². The zero-order chi connectivity index (χ0) is 13.9. The van der Waals surface area contributed by atoms with Crippen LogP contribution in [0.4, 0.5) is 0 Å². The van der Waals surface area contributed by atoms with Crippen LogP contribution in [0.3, 0.4) is 0 Å². The third-order valence-electron chi connectivity index (χ3n) is 4.20. The molecule has 1 atom stereocenters. The maximum absolute atomic E-state index is 5.38. The number of aromatic nitrogens is 2. The van der Waals surface area contributed by atoms with Crippen LogP contribution in [-0.4, -0.2) is 40.7 Å². The van der Waals surface area contributed by atoms with E-state index < -0.39 is 0 Å². The van der Waals surface area contributed by atoms with Gasteiger partial charge in [-0.3, -0.25) is 4.90 Å². The van der Waals surface area contributed by atoms with Gasteiger partial charge in [-0.2, -0.15) is 4.98 Å². The highest BCUT2D eigenvalue weighted by Crippen LogP contribution is 2.38. The van der Waals surface area contributed by atoms with Crippen LogP contribution in [-0.2, 0) is 6.54 Å². The molecule has 0 amide bonds. The normalized spacial score (nSPS) is 24.4. The van der Waals surface area contributed by atoms with Crippen molar-refractivity contribution in [2.24, 2.45) is 5.92 Å². The minimum Gasteiger partial charge on any atom is -0.338 e. The van der Waals surface area contributed by atoms with Crippen LogP contribution in [0.15, 0.2) is 4.52 Å². The summed E-state index contributed by atoms with van der Waals surface area (Å²) >= 11 is 0. The van der Waals surface area contributed by atoms with Crippen LogP contribution in [0.1, 0.15) is 57.2 Å². The van der Waals surface area contributed by atoms with Crippen molar-refractivity contribution < 1.29 is 4.52 Å². The molecule has 2 aliphatic rings. The van der Waals surface area contributed by atoms with Crippen molar-refractivity contribution in [1.29, 1.82) is 0 Å². The van der Waals surface area contributed by atoms with E-state index in [1.54, 1.807) is 0 Å². The largest absolute Gasteiger partial charge is 0.338 e. The fraction of sp³-hybridized carbons (Fsp3) is 0.867. The lowest BCUT2D eigenvalue weighted by Gasteiger charge is -2.32. The number of rotatable bonds is 6. The number of likely N-dealkylation sites (tertiary alicyclic amines) is 1. The molecule has 2 fully saturated rings. The first-order chi connectivity index (χ1) is 9.70. The zero-order valence-electron chi connectivity index (χ0n) is 12.6. The summed E-state index contributed by atoms with van der Waals surface area (Å²) in [4.78, 5) is 6.99. The fourth-order valence-electron chi connectivity index (χ4n) is 2.89. The Morgan fingerprint density at radius 3 is 2.95 bits per heavy atom. The second-order valence-electron chi connectivity index (χ2n) is 6.63. The predicted molar refractivity (Wildman–Crippen MR) is 77.4 cm³/mol. The van der Waals surface area contributed by atoms with Gasteiger partial charge >= 0.3 is 0 Å². The first kappa shape index (κ1) is 14.0. The molecule has 0 bridgehead atoms. The van der Waals surface area contributed by atoms with Crippen molar-refractivity contribution in [3.8, 4) is 0 Å². The molecule has 0 radical (unpaired) electrons. The molecule has 5 heteroatoms. The Balaban J connectivity index is 1.48. The third kappa shape index (κ3) is 3.79. The van der Waals surface area contributed by atoms with Crippen LogP contribution >= 0.6 is 0 Å². The van der Waals surface area contributed by atoms with Crippen molar-refractivity contribution in [3.63, 3.8) is 0 Å². The average molecular weight is 278 g/mol. The molecule has 3 rings (SSSR count). The van der Waals surface area contributed by atoms with E-state index in [9.17, 15) is 0 Å². The van der Waals surface area contributed by atoms with Gasteiger partial charge in [-0.25, -0.2) is 0 Å². The van der Waals surface area contributed by atoms with Crippen molar-refractivity contribution in [3.05, 3.63) is 11.7 Å². The van der Waals surface area contributed by atoms with E-state index in [-0.39, 0.29) is 0 Å². The minimum absolute atomic E-state index is 0.572. The monoisotopic (exact) mass is 278 g/mol. The van der Waals surface area contributed by atoms with E-state index in [1.807, 2.05) is 0 Å². The van der Waals surface area contributed by atoms with Gasteiger partial charge in [0, 0.05) is 18.5 Å².